The molecular weight excluding hydrogens is 234 g/mol. The van der Waals surface area contributed by atoms with Crippen molar-refractivity contribution in [2.24, 2.45) is 7.05 Å². The molecule has 1 aliphatic rings. The molecule has 0 saturated heterocycles. The van der Waals surface area contributed by atoms with E-state index in [2.05, 4.69) is 20.7 Å². The molecule has 2 heterocycles. The van der Waals surface area contributed by atoms with Crippen LogP contribution in [-0.4, -0.2) is 30.7 Å². The zero-order chi connectivity index (χ0) is 12.7. The van der Waals surface area contributed by atoms with Crippen LogP contribution in [0.4, 0.5) is 11.6 Å². The molecule has 0 atom stereocenters. The van der Waals surface area contributed by atoms with Crippen molar-refractivity contribution in [3.63, 3.8) is 0 Å². The molecule has 94 valence electrons. The van der Waals surface area contributed by atoms with Crippen LogP contribution < -0.4 is 11.1 Å². The maximum Gasteiger partial charge on any atom is 0.274 e. The molecule has 1 saturated carbocycles. The number of nitrogens with one attached hydrogen (secondary N) is 1. The van der Waals surface area contributed by atoms with E-state index in [4.69, 9.17) is 5.73 Å². The fraction of sp³-hybridized carbons (Fsp3) is 0.400. The number of anilines is 2. The molecular formula is C10H13N7O. The average molecular weight is 247 g/mol. The first-order valence-corrected chi connectivity index (χ1v) is 5.66. The number of hydrogen-bond donors (Lipinski definition) is 2. The topological polar surface area (TPSA) is 104 Å². The highest BCUT2D eigenvalue weighted by Crippen LogP contribution is 2.37. The molecule has 3 rings (SSSR count). The minimum atomic E-state index is -0.272. The number of hydrogen-bond acceptors (Lipinski definition) is 5. The summed E-state index contributed by atoms with van der Waals surface area (Å²) in [6.45, 7) is 0. The predicted molar refractivity (Wildman–Crippen MR) is 63.9 cm³/mol. The van der Waals surface area contributed by atoms with Crippen LogP contribution in [-0.2, 0) is 7.05 Å². The maximum atomic E-state index is 12.1. The van der Waals surface area contributed by atoms with E-state index in [1.54, 1.807) is 19.3 Å². The molecule has 0 unspecified atom stereocenters. The van der Waals surface area contributed by atoms with E-state index in [0.29, 0.717) is 17.4 Å². The average Bonchev–Trinajstić information content (AvgIpc) is 2.98. The van der Waals surface area contributed by atoms with Gasteiger partial charge in [0.25, 0.3) is 11.9 Å². The lowest BCUT2D eigenvalue weighted by atomic mass is 10.4. The minimum absolute atomic E-state index is 0.185. The monoisotopic (exact) mass is 247 g/mol. The highest BCUT2D eigenvalue weighted by atomic mass is 16.2. The van der Waals surface area contributed by atoms with Gasteiger partial charge in [0.05, 0.1) is 12.7 Å². The molecule has 0 radical (unpaired) electrons. The van der Waals surface area contributed by atoms with Crippen LogP contribution in [0.15, 0.2) is 12.3 Å². The Morgan fingerprint density at radius 1 is 1.56 bits per heavy atom. The van der Waals surface area contributed by atoms with Gasteiger partial charge in [-0.05, 0) is 24.1 Å². The molecule has 0 bridgehead atoms. The van der Waals surface area contributed by atoms with Gasteiger partial charge in [0, 0.05) is 12.2 Å². The normalized spacial score (nSPS) is 14.7. The second kappa shape index (κ2) is 3.83. The van der Waals surface area contributed by atoms with E-state index < -0.39 is 0 Å². The molecule has 0 aromatic carbocycles. The molecule has 1 amide bonds. The number of nitrogen functional groups attached to an aromatic ring is 1. The van der Waals surface area contributed by atoms with Gasteiger partial charge in [-0.3, -0.25) is 10.1 Å². The highest BCUT2D eigenvalue weighted by Gasteiger charge is 2.28. The standard InChI is InChI=1S/C10H13N7O/c1-16-14-10(13-15-16)12-9(18)8-4-6(11)5-17(8)7-2-3-7/h4-5,7H,2-3,11H2,1H3,(H,12,14,18). The van der Waals surface area contributed by atoms with E-state index in [0.717, 1.165) is 12.8 Å². The van der Waals surface area contributed by atoms with E-state index >= 15 is 0 Å². The van der Waals surface area contributed by atoms with Crippen molar-refractivity contribution in [2.75, 3.05) is 11.1 Å². The molecule has 8 nitrogen and oxygen atoms in total. The van der Waals surface area contributed by atoms with Crippen LogP contribution in [0, 0.1) is 0 Å². The summed E-state index contributed by atoms with van der Waals surface area (Å²) in [5, 5.41) is 13.8. The number of amides is 1. The number of carbonyl (C=O) groups excluding carboxylic acids is 1. The molecule has 0 aliphatic heterocycles. The van der Waals surface area contributed by atoms with E-state index in [9.17, 15) is 4.79 Å². The van der Waals surface area contributed by atoms with E-state index in [1.807, 2.05) is 4.57 Å². The Balaban J connectivity index is 1.83. The molecule has 1 aliphatic carbocycles. The Kier molecular flexibility index (Phi) is 2.29. The third-order valence-corrected chi connectivity index (χ3v) is 2.78. The Bertz CT molecular complexity index is 595. The summed E-state index contributed by atoms with van der Waals surface area (Å²) < 4.78 is 1.90. The maximum absolute atomic E-state index is 12.1. The number of nitrogens with zero attached hydrogens (tertiary/aromatic N) is 5. The lowest BCUT2D eigenvalue weighted by Crippen LogP contribution is -2.17. The first-order chi connectivity index (χ1) is 8.63. The number of rotatable bonds is 3. The van der Waals surface area contributed by atoms with Crippen LogP contribution >= 0.6 is 0 Å². The molecule has 8 heteroatoms. The van der Waals surface area contributed by atoms with Crippen molar-refractivity contribution < 1.29 is 4.79 Å². The van der Waals surface area contributed by atoms with Gasteiger partial charge in [-0.2, -0.15) is 4.80 Å². The molecule has 0 spiro atoms. The van der Waals surface area contributed by atoms with Crippen molar-refractivity contribution in [2.45, 2.75) is 18.9 Å². The molecule has 2 aromatic heterocycles. The quantitative estimate of drug-likeness (QED) is 0.805. The second-order valence-corrected chi connectivity index (χ2v) is 4.35. The number of carbonyl (C=O) groups is 1. The number of aromatic nitrogens is 5. The lowest BCUT2D eigenvalue weighted by Gasteiger charge is -2.05. The largest absolute Gasteiger partial charge is 0.397 e. The Morgan fingerprint density at radius 3 is 2.94 bits per heavy atom. The summed E-state index contributed by atoms with van der Waals surface area (Å²) in [5.41, 5.74) is 6.84. The van der Waals surface area contributed by atoms with Crippen LogP contribution in [0.3, 0.4) is 0 Å². The van der Waals surface area contributed by atoms with Gasteiger partial charge in [0.15, 0.2) is 0 Å². The zero-order valence-corrected chi connectivity index (χ0v) is 9.87. The van der Waals surface area contributed by atoms with E-state index in [-0.39, 0.29) is 11.9 Å². The highest BCUT2D eigenvalue weighted by molar-refractivity contribution is 6.02. The van der Waals surface area contributed by atoms with Gasteiger partial charge in [0.1, 0.15) is 5.69 Å². The van der Waals surface area contributed by atoms with Crippen molar-refractivity contribution in [1.82, 2.24) is 24.8 Å². The van der Waals surface area contributed by atoms with Crippen molar-refractivity contribution in [3.8, 4) is 0 Å². The van der Waals surface area contributed by atoms with Gasteiger partial charge in [-0.1, -0.05) is 5.10 Å². The first-order valence-electron chi connectivity index (χ1n) is 5.66. The third kappa shape index (κ3) is 1.92. The van der Waals surface area contributed by atoms with Gasteiger partial charge < -0.3 is 10.3 Å². The zero-order valence-electron chi connectivity index (χ0n) is 9.87. The van der Waals surface area contributed by atoms with Crippen molar-refractivity contribution >= 4 is 17.5 Å². The van der Waals surface area contributed by atoms with Crippen LogP contribution in [0.2, 0.25) is 0 Å². The van der Waals surface area contributed by atoms with Gasteiger partial charge >= 0.3 is 0 Å². The Labute approximate surface area is 103 Å². The minimum Gasteiger partial charge on any atom is -0.397 e. The number of aryl methyl sites for hydroxylation is 1. The van der Waals surface area contributed by atoms with E-state index in [1.165, 1.54) is 4.80 Å². The van der Waals surface area contributed by atoms with Crippen molar-refractivity contribution in [3.05, 3.63) is 18.0 Å². The summed E-state index contributed by atoms with van der Waals surface area (Å²) >= 11 is 0. The summed E-state index contributed by atoms with van der Waals surface area (Å²) in [6, 6.07) is 2.04. The third-order valence-electron chi connectivity index (χ3n) is 2.78. The number of nitrogens with two attached hydrogens (primary N) is 1. The van der Waals surface area contributed by atoms with Crippen LogP contribution in [0.5, 0.6) is 0 Å². The SMILES string of the molecule is Cn1nnc(NC(=O)c2cc(N)cn2C2CC2)n1. The molecule has 3 N–H and O–H groups in total. The first kappa shape index (κ1) is 10.8. The van der Waals surface area contributed by atoms with Gasteiger partial charge in [0.2, 0.25) is 0 Å². The summed E-state index contributed by atoms with van der Waals surface area (Å²) in [4.78, 5) is 13.4. The second-order valence-electron chi connectivity index (χ2n) is 4.35. The summed E-state index contributed by atoms with van der Waals surface area (Å²) in [5.74, 6) is -0.0868. The predicted octanol–water partition coefficient (Wildman–Crippen LogP) is 0.181. The summed E-state index contributed by atoms with van der Waals surface area (Å²) in [6.07, 6.45) is 3.95. The van der Waals surface area contributed by atoms with Gasteiger partial charge in [-0.15, -0.1) is 5.10 Å². The lowest BCUT2D eigenvalue weighted by molar-refractivity contribution is 0.101. The van der Waals surface area contributed by atoms with Gasteiger partial charge in [-0.25, -0.2) is 0 Å². The molecule has 2 aromatic rings. The smallest absolute Gasteiger partial charge is 0.274 e. The molecule has 18 heavy (non-hydrogen) atoms. The number of tetrazole rings is 1. The van der Waals surface area contributed by atoms with Crippen LogP contribution in [0.25, 0.3) is 0 Å². The Morgan fingerprint density at radius 2 is 2.33 bits per heavy atom. The van der Waals surface area contributed by atoms with Crippen molar-refractivity contribution in [1.29, 1.82) is 0 Å². The Hall–Kier alpha value is -2.38. The van der Waals surface area contributed by atoms with Crippen LogP contribution in [0.1, 0.15) is 29.4 Å². The fourth-order valence-corrected chi connectivity index (χ4v) is 1.84. The fourth-order valence-electron chi connectivity index (χ4n) is 1.84. The summed E-state index contributed by atoms with van der Waals surface area (Å²) in [7, 11) is 1.63. The molecule has 1 fully saturated rings.